The maximum absolute atomic E-state index is 12.9. The summed E-state index contributed by atoms with van der Waals surface area (Å²) >= 11 is 0. The number of carbonyl (C=O) groups is 1. The van der Waals surface area contributed by atoms with Crippen LogP contribution in [0.2, 0.25) is 0 Å². The molecule has 0 aliphatic heterocycles. The van der Waals surface area contributed by atoms with Crippen molar-refractivity contribution in [1.29, 1.82) is 0 Å². The Morgan fingerprint density at radius 3 is 2.82 bits per heavy atom. The standard InChI is InChI=1S/C13H13FN2O/c1-2-10-6-7-12(15-10)13(17)16-11-5-3-4-9(14)8-11/h3-8,15H,2H2,1H3,(H,16,17). The van der Waals surface area contributed by atoms with Crippen molar-refractivity contribution in [3.63, 3.8) is 0 Å². The van der Waals surface area contributed by atoms with E-state index in [9.17, 15) is 9.18 Å². The van der Waals surface area contributed by atoms with Crippen LogP contribution in [0.1, 0.15) is 23.1 Å². The van der Waals surface area contributed by atoms with Crippen molar-refractivity contribution >= 4 is 11.6 Å². The first-order valence-corrected chi connectivity index (χ1v) is 5.44. The van der Waals surface area contributed by atoms with Crippen LogP contribution in [0.25, 0.3) is 0 Å². The van der Waals surface area contributed by atoms with E-state index in [1.807, 2.05) is 13.0 Å². The van der Waals surface area contributed by atoms with Gasteiger partial charge in [0.05, 0.1) is 0 Å². The van der Waals surface area contributed by atoms with Crippen LogP contribution in [-0.2, 0) is 6.42 Å². The lowest BCUT2D eigenvalue weighted by Crippen LogP contribution is -2.12. The number of amides is 1. The molecule has 3 nitrogen and oxygen atoms in total. The molecule has 0 unspecified atom stereocenters. The summed E-state index contributed by atoms with van der Waals surface area (Å²) in [6.45, 7) is 2.00. The zero-order valence-corrected chi connectivity index (χ0v) is 9.46. The molecular weight excluding hydrogens is 219 g/mol. The zero-order valence-electron chi connectivity index (χ0n) is 9.46. The predicted octanol–water partition coefficient (Wildman–Crippen LogP) is 2.97. The Morgan fingerprint density at radius 1 is 1.35 bits per heavy atom. The van der Waals surface area contributed by atoms with Gasteiger partial charge in [0.15, 0.2) is 0 Å². The molecule has 2 N–H and O–H groups in total. The second kappa shape index (κ2) is 4.82. The van der Waals surface area contributed by atoms with Crippen LogP contribution in [0, 0.1) is 5.82 Å². The van der Waals surface area contributed by atoms with Gasteiger partial charge in [0, 0.05) is 11.4 Å². The highest BCUT2D eigenvalue weighted by molar-refractivity contribution is 6.03. The quantitative estimate of drug-likeness (QED) is 0.839. The number of aryl methyl sites for hydroxylation is 1. The van der Waals surface area contributed by atoms with Gasteiger partial charge in [-0.15, -0.1) is 0 Å². The van der Waals surface area contributed by atoms with Crippen molar-refractivity contribution in [2.75, 3.05) is 5.32 Å². The summed E-state index contributed by atoms with van der Waals surface area (Å²) in [4.78, 5) is 14.8. The fourth-order valence-corrected chi connectivity index (χ4v) is 1.54. The first-order valence-electron chi connectivity index (χ1n) is 5.44. The molecule has 2 aromatic rings. The van der Waals surface area contributed by atoms with Gasteiger partial charge in [-0.05, 0) is 36.8 Å². The monoisotopic (exact) mass is 232 g/mol. The molecular formula is C13H13FN2O. The van der Waals surface area contributed by atoms with E-state index in [2.05, 4.69) is 10.3 Å². The third kappa shape index (κ3) is 2.72. The minimum absolute atomic E-state index is 0.268. The van der Waals surface area contributed by atoms with Crippen LogP contribution in [0.4, 0.5) is 10.1 Å². The van der Waals surface area contributed by atoms with E-state index in [0.29, 0.717) is 11.4 Å². The molecule has 0 bridgehead atoms. The average molecular weight is 232 g/mol. The first-order chi connectivity index (χ1) is 8.19. The van der Waals surface area contributed by atoms with Crippen LogP contribution in [-0.4, -0.2) is 10.9 Å². The van der Waals surface area contributed by atoms with Crippen LogP contribution in [0.5, 0.6) is 0 Å². The van der Waals surface area contributed by atoms with Gasteiger partial charge in [0.25, 0.3) is 5.91 Å². The molecule has 1 amide bonds. The van der Waals surface area contributed by atoms with E-state index in [1.54, 1.807) is 18.2 Å². The van der Waals surface area contributed by atoms with E-state index in [-0.39, 0.29) is 11.7 Å². The van der Waals surface area contributed by atoms with E-state index in [1.165, 1.54) is 12.1 Å². The number of hydrogen-bond acceptors (Lipinski definition) is 1. The van der Waals surface area contributed by atoms with Crippen molar-refractivity contribution in [3.05, 3.63) is 53.6 Å². The number of rotatable bonds is 3. The van der Waals surface area contributed by atoms with E-state index in [4.69, 9.17) is 0 Å². The summed E-state index contributed by atoms with van der Waals surface area (Å²) in [6.07, 6.45) is 0.841. The largest absolute Gasteiger partial charge is 0.354 e. The van der Waals surface area contributed by atoms with Crippen LogP contribution in [0.15, 0.2) is 36.4 Å². The molecule has 4 heteroatoms. The smallest absolute Gasteiger partial charge is 0.272 e. The van der Waals surface area contributed by atoms with Crippen LogP contribution in [0.3, 0.4) is 0 Å². The molecule has 0 aliphatic carbocycles. The first kappa shape index (κ1) is 11.4. The van der Waals surface area contributed by atoms with Crippen LogP contribution >= 0.6 is 0 Å². The second-order valence-electron chi connectivity index (χ2n) is 3.72. The average Bonchev–Trinajstić information content (AvgIpc) is 2.77. The van der Waals surface area contributed by atoms with E-state index < -0.39 is 0 Å². The molecule has 1 aromatic carbocycles. The van der Waals surface area contributed by atoms with Crippen molar-refractivity contribution in [1.82, 2.24) is 4.98 Å². The number of hydrogen-bond donors (Lipinski definition) is 2. The topological polar surface area (TPSA) is 44.9 Å². The maximum atomic E-state index is 12.9. The Bertz CT molecular complexity index is 534. The lowest BCUT2D eigenvalue weighted by Gasteiger charge is -2.03. The normalized spacial score (nSPS) is 10.2. The molecule has 1 heterocycles. The summed E-state index contributed by atoms with van der Waals surface area (Å²) in [5.41, 5.74) is 1.92. The summed E-state index contributed by atoms with van der Waals surface area (Å²) in [5.74, 6) is -0.640. The maximum Gasteiger partial charge on any atom is 0.272 e. The number of benzene rings is 1. The summed E-state index contributed by atoms with van der Waals surface area (Å²) in [7, 11) is 0. The number of halogens is 1. The summed E-state index contributed by atoms with van der Waals surface area (Å²) in [5, 5.41) is 2.63. The van der Waals surface area contributed by atoms with Gasteiger partial charge in [-0.25, -0.2) is 4.39 Å². The van der Waals surface area contributed by atoms with Gasteiger partial charge >= 0.3 is 0 Å². The lowest BCUT2D eigenvalue weighted by molar-refractivity contribution is 0.102. The Morgan fingerprint density at radius 2 is 2.18 bits per heavy atom. The SMILES string of the molecule is CCc1ccc(C(=O)Nc2cccc(F)c2)[nH]1. The number of anilines is 1. The number of nitrogens with one attached hydrogen (secondary N) is 2. The second-order valence-corrected chi connectivity index (χ2v) is 3.72. The highest BCUT2D eigenvalue weighted by atomic mass is 19.1. The van der Waals surface area contributed by atoms with Gasteiger partial charge in [0.1, 0.15) is 11.5 Å². The molecule has 0 radical (unpaired) electrons. The van der Waals surface area contributed by atoms with E-state index >= 15 is 0 Å². The third-order valence-electron chi connectivity index (χ3n) is 2.45. The Kier molecular flexibility index (Phi) is 3.23. The molecule has 0 atom stereocenters. The Hall–Kier alpha value is -2.10. The van der Waals surface area contributed by atoms with Gasteiger partial charge in [-0.3, -0.25) is 4.79 Å². The number of aromatic nitrogens is 1. The molecule has 0 fully saturated rings. The van der Waals surface area contributed by atoms with Gasteiger partial charge < -0.3 is 10.3 Å². The van der Waals surface area contributed by atoms with E-state index in [0.717, 1.165) is 12.1 Å². The number of carbonyl (C=O) groups excluding carboxylic acids is 1. The number of aromatic amines is 1. The summed E-state index contributed by atoms with van der Waals surface area (Å²) in [6, 6.07) is 9.39. The highest BCUT2D eigenvalue weighted by Gasteiger charge is 2.08. The van der Waals surface area contributed by atoms with Gasteiger partial charge in [-0.1, -0.05) is 13.0 Å². The van der Waals surface area contributed by atoms with Crippen molar-refractivity contribution in [3.8, 4) is 0 Å². The zero-order chi connectivity index (χ0) is 12.3. The molecule has 0 saturated carbocycles. The van der Waals surface area contributed by atoms with Crippen molar-refractivity contribution in [2.24, 2.45) is 0 Å². The minimum Gasteiger partial charge on any atom is -0.354 e. The molecule has 88 valence electrons. The van der Waals surface area contributed by atoms with Crippen LogP contribution < -0.4 is 5.32 Å². The molecule has 0 aliphatic rings. The molecule has 0 spiro atoms. The molecule has 17 heavy (non-hydrogen) atoms. The fraction of sp³-hybridized carbons (Fsp3) is 0.154. The Balaban J connectivity index is 2.11. The molecule has 1 aromatic heterocycles. The Labute approximate surface area is 98.7 Å². The van der Waals surface area contributed by atoms with Crippen molar-refractivity contribution in [2.45, 2.75) is 13.3 Å². The molecule has 0 saturated heterocycles. The fourth-order valence-electron chi connectivity index (χ4n) is 1.54. The summed E-state index contributed by atoms with van der Waals surface area (Å²) < 4.78 is 12.9. The van der Waals surface area contributed by atoms with Gasteiger partial charge in [-0.2, -0.15) is 0 Å². The number of H-pyrrole nitrogens is 1. The highest BCUT2D eigenvalue weighted by Crippen LogP contribution is 2.11. The predicted molar refractivity (Wildman–Crippen MR) is 64.5 cm³/mol. The molecule has 2 rings (SSSR count). The lowest BCUT2D eigenvalue weighted by atomic mass is 10.3. The third-order valence-corrected chi connectivity index (χ3v) is 2.45. The van der Waals surface area contributed by atoms with Crippen molar-refractivity contribution < 1.29 is 9.18 Å². The van der Waals surface area contributed by atoms with Gasteiger partial charge in [0.2, 0.25) is 0 Å². The minimum atomic E-state index is -0.372.